The normalized spacial score (nSPS) is 11.5. The lowest BCUT2D eigenvalue weighted by Gasteiger charge is -2.05. The molecular formula is C17H13N3O3S. The number of para-hydroxylation sites is 1. The van der Waals surface area contributed by atoms with Gasteiger partial charge in [0.25, 0.3) is 0 Å². The van der Waals surface area contributed by atoms with Crippen molar-refractivity contribution >= 4 is 33.8 Å². The number of benzene rings is 2. The van der Waals surface area contributed by atoms with Crippen LogP contribution in [0.25, 0.3) is 10.8 Å². The molecule has 120 valence electrons. The Balaban J connectivity index is 1.91. The summed E-state index contributed by atoms with van der Waals surface area (Å²) in [5.41, 5.74) is 2.41. The van der Waals surface area contributed by atoms with Crippen LogP contribution in [-0.4, -0.2) is 12.2 Å². The third kappa shape index (κ3) is 3.02. The summed E-state index contributed by atoms with van der Waals surface area (Å²) >= 11 is 5.10. The molecule has 3 aromatic rings. The zero-order valence-electron chi connectivity index (χ0n) is 12.7. The molecule has 0 heterocycles. The van der Waals surface area contributed by atoms with Crippen LogP contribution in [0.5, 0.6) is 5.75 Å². The number of thiocarbonyl (C=S) groups is 1. The maximum absolute atomic E-state index is 12.3. The molecule has 0 atom stereocenters. The Kier molecular flexibility index (Phi) is 4.35. The molecule has 2 N–H and O–H groups in total. The number of nitrogens with zero attached hydrogens (tertiary/aromatic N) is 1. The minimum Gasteiger partial charge on any atom is -0.497 e. The van der Waals surface area contributed by atoms with Gasteiger partial charge < -0.3 is 10.1 Å². The summed E-state index contributed by atoms with van der Waals surface area (Å²) in [4.78, 5) is 24.6. The Morgan fingerprint density at radius 3 is 2.46 bits per heavy atom. The van der Waals surface area contributed by atoms with Crippen molar-refractivity contribution in [2.45, 2.75) is 0 Å². The van der Waals surface area contributed by atoms with Gasteiger partial charge in [0.05, 0.1) is 7.11 Å². The maximum atomic E-state index is 12.3. The van der Waals surface area contributed by atoms with Gasteiger partial charge in [-0.1, -0.05) is 18.2 Å². The van der Waals surface area contributed by atoms with Crippen molar-refractivity contribution in [2.75, 3.05) is 12.4 Å². The van der Waals surface area contributed by atoms with Crippen molar-refractivity contribution in [1.29, 1.82) is 0 Å². The number of nitrogens with one attached hydrogen (secondary N) is 2. The molecule has 0 aliphatic rings. The summed E-state index contributed by atoms with van der Waals surface area (Å²) in [5, 5.41) is 7.35. The van der Waals surface area contributed by atoms with Crippen molar-refractivity contribution in [3.8, 4) is 5.75 Å². The highest BCUT2D eigenvalue weighted by Crippen LogP contribution is 2.14. The van der Waals surface area contributed by atoms with E-state index >= 15 is 0 Å². The highest BCUT2D eigenvalue weighted by molar-refractivity contribution is 7.80. The van der Waals surface area contributed by atoms with Crippen LogP contribution in [0, 0.1) is 0 Å². The van der Waals surface area contributed by atoms with Gasteiger partial charge in [-0.3, -0.25) is 15.0 Å². The smallest absolute Gasteiger partial charge is 0.218 e. The minimum atomic E-state index is -0.455. The van der Waals surface area contributed by atoms with Crippen LogP contribution in [0.3, 0.4) is 0 Å². The zero-order valence-corrected chi connectivity index (χ0v) is 13.5. The second kappa shape index (κ2) is 6.59. The maximum Gasteiger partial charge on any atom is 0.218 e. The van der Waals surface area contributed by atoms with E-state index in [1.165, 1.54) is 13.2 Å². The Labute approximate surface area is 142 Å². The second-order valence-corrected chi connectivity index (χ2v) is 5.37. The van der Waals surface area contributed by atoms with Gasteiger partial charge in [-0.2, -0.15) is 5.10 Å². The lowest BCUT2D eigenvalue weighted by atomic mass is 10.2. The Bertz CT molecular complexity index is 1050. The fraction of sp³-hybridized carbons (Fsp3) is 0.0588. The molecule has 7 heteroatoms. The monoisotopic (exact) mass is 339 g/mol. The Hall–Kier alpha value is -3.06. The molecule has 0 amide bonds. The summed E-state index contributed by atoms with van der Waals surface area (Å²) in [6.45, 7) is 0. The fourth-order valence-corrected chi connectivity index (χ4v) is 2.45. The average molecular weight is 339 g/mol. The molecule has 3 rings (SSSR count). The van der Waals surface area contributed by atoms with E-state index in [0.29, 0.717) is 11.1 Å². The lowest BCUT2D eigenvalue weighted by Crippen LogP contribution is -2.36. The lowest BCUT2D eigenvalue weighted by molar-refractivity contribution is 0.415. The second-order valence-electron chi connectivity index (χ2n) is 4.96. The quantitative estimate of drug-likeness (QED) is 0.552. The van der Waals surface area contributed by atoms with E-state index in [9.17, 15) is 9.59 Å². The van der Waals surface area contributed by atoms with Gasteiger partial charge in [0, 0.05) is 16.5 Å². The molecule has 24 heavy (non-hydrogen) atoms. The van der Waals surface area contributed by atoms with Crippen LogP contribution in [0.2, 0.25) is 0 Å². The fourth-order valence-electron chi connectivity index (χ4n) is 2.28. The van der Waals surface area contributed by atoms with Gasteiger partial charge in [0.1, 0.15) is 5.75 Å². The number of methoxy groups -OCH3 is 1. The van der Waals surface area contributed by atoms with Gasteiger partial charge in [-0.25, -0.2) is 0 Å². The molecule has 0 radical (unpaired) electrons. The number of anilines is 1. The van der Waals surface area contributed by atoms with E-state index in [1.807, 2.05) is 30.3 Å². The predicted molar refractivity (Wildman–Crippen MR) is 96.8 cm³/mol. The van der Waals surface area contributed by atoms with Crippen molar-refractivity contribution in [1.82, 2.24) is 5.43 Å². The molecule has 0 saturated heterocycles. The molecule has 3 aromatic carbocycles. The minimum absolute atomic E-state index is 0.183. The van der Waals surface area contributed by atoms with Gasteiger partial charge in [-0.05, 0) is 42.5 Å². The number of ether oxygens (including phenoxy) is 1. The topological polar surface area (TPSA) is 79.8 Å². The summed E-state index contributed by atoms with van der Waals surface area (Å²) in [7, 11) is 1.49. The van der Waals surface area contributed by atoms with Gasteiger partial charge >= 0.3 is 0 Å². The molecule has 0 spiro atoms. The molecule has 0 saturated carbocycles. The van der Waals surface area contributed by atoms with E-state index < -0.39 is 10.9 Å². The van der Waals surface area contributed by atoms with Crippen molar-refractivity contribution in [3.63, 3.8) is 0 Å². The highest BCUT2D eigenvalue weighted by atomic mass is 32.1. The standard InChI is InChI=1S/C17H13N3O3S/c1-23-11-7-8-12-13(9-11)16(22)14(15(12)21)19-20-17(24)18-10-5-3-2-4-6-10/h2-9H,1H3,(H2,18,20,24). The average Bonchev–Trinajstić information content (AvgIpc) is 2.84. The summed E-state index contributed by atoms with van der Waals surface area (Å²) in [6, 6.07) is 13.9. The van der Waals surface area contributed by atoms with Crippen LogP contribution in [0.15, 0.2) is 63.2 Å². The zero-order chi connectivity index (χ0) is 17.1. The third-order valence-electron chi connectivity index (χ3n) is 3.45. The molecule has 0 aromatic heterocycles. The molecule has 6 nitrogen and oxygen atoms in total. The van der Waals surface area contributed by atoms with E-state index in [4.69, 9.17) is 17.0 Å². The Morgan fingerprint density at radius 2 is 1.75 bits per heavy atom. The number of fused-ring (bicyclic) bond motifs is 1. The first-order valence-electron chi connectivity index (χ1n) is 7.07. The van der Waals surface area contributed by atoms with Crippen molar-refractivity contribution in [3.05, 3.63) is 74.3 Å². The molecule has 0 bridgehead atoms. The summed E-state index contributed by atoms with van der Waals surface area (Å²) < 4.78 is 5.07. The van der Waals surface area contributed by atoms with Gasteiger partial charge in [0.15, 0.2) is 10.5 Å². The van der Waals surface area contributed by atoms with Crippen LogP contribution >= 0.6 is 12.2 Å². The van der Waals surface area contributed by atoms with E-state index in [0.717, 1.165) is 5.69 Å². The number of rotatable bonds is 3. The predicted octanol–water partition coefficient (Wildman–Crippen LogP) is 1.25. The van der Waals surface area contributed by atoms with Crippen molar-refractivity contribution in [2.24, 2.45) is 5.10 Å². The number of hydrogen-bond acceptors (Lipinski definition) is 5. The first-order valence-corrected chi connectivity index (χ1v) is 7.48. The molecule has 0 aliphatic heterocycles. The van der Waals surface area contributed by atoms with Crippen LogP contribution in [0.1, 0.15) is 0 Å². The van der Waals surface area contributed by atoms with E-state index in [2.05, 4.69) is 15.8 Å². The highest BCUT2D eigenvalue weighted by Gasteiger charge is 2.12. The summed E-state index contributed by atoms with van der Waals surface area (Å²) in [6.07, 6.45) is 0. The van der Waals surface area contributed by atoms with E-state index in [1.54, 1.807) is 12.1 Å². The van der Waals surface area contributed by atoms with Gasteiger partial charge in [-0.15, -0.1) is 0 Å². The van der Waals surface area contributed by atoms with Gasteiger partial charge in [0.2, 0.25) is 10.9 Å². The SMILES string of the molecule is COc1ccc2c(=O)c(=NNC(=S)Nc3ccccc3)c(=O)c2c1. The first-order chi connectivity index (χ1) is 11.6. The third-order valence-corrected chi connectivity index (χ3v) is 3.64. The van der Waals surface area contributed by atoms with E-state index in [-0.39, 0.29) is 15.9 Å². The molecular weight excluding hydrogens is 326 g/mol. The van der Waals surface area contributed by atoms with Crippen LogP contribution in [-0.2, 0) is 0 Å². The molecule has 0 unspecified atom stereocenters. The largest absolute Gasteiger partial charge is 0.497 e. The van der Waals surface area contributed by atoms with Crippen LogP contribution in [0.4, 0.5) is 5.69 Å². The molecule has 0 aliphatic carbocycles. The molecule has 0 fully saturated rings. The number of hydrogen-bond donors (Lipinski definition) is 2. The Morgan fingerprint density at radius 1 is 1.04 bits per heavy atom. The van der Waals surface area contributed by atoms with Crippen LogP contribution < -0.4 is 31.7 Å². The first kappa shape index (κ1) is 15.8. The summed E-state index contributed by atoms with van der Waals surface area (Å²) in [5.74, 6) is 0.505. The van der Waals surface area contributed by atoms with Crippen molar-refractivity contribution < 1.29 is 4.74 Å².